The van der Waals surface area contributed by atoms with Crippen molar-refractivity contribution in [2.24, 2.45) is 5.92 Å². The van der Waals surface area contributed by atoms with E-state index in [1.165, 1.54) is 17.7 Å². The van der Waals surface area contributed by atoms with E-state index >= 15 is 0 Å². The summed E-state index contributed by atoms with van der Waals surface area (Å²) in [4.78, 5) is 17.5. The molecule has 0 bridgehead atoms. The highest BCUT2D eigenvalue weighted by Gasteiger charge is 2.07. The summed E-state index contributed by atoms with van der Waals surface area (Å²) in [6.07, 6.45) is 1.77. The van der Waals surface area contributed by atoms with Crippen LogP contribution in [0.2, 0.25) is 0 Å². The van der Waals surface area contributed by atoms with Crippen molar-refractivity contribution in [3.05, 3.63) is 59.9 Å². The minimum atomic E-state index is -2.27. The zero-order valence-electron chi connectivity index (χ0n) is 14.7. The third-order valence-corrected chi connectivity index (χ3v) is 4.12. The van der Waals surface area contributed by atoms with Gasteiger partial charge in [0.1, 0.15) is 30.5 Å². The van der Waals surface area contributed by atoms with Crippen molar-refractivity contribution >= 4 is 8.60 Å². The lowest BCUT2D eigenvalue weighted by Gasteiger charge is -2.12. The average molecular weight is 382 g/mol. The number of hydrogen-bond donors (Lipinski definition) is 2. The zero-order chi connectivity index (χ0) is 18.8. The van der Waals surface area contributed by atoms with Crippen molar-refractivity contribution in [3.8, 4) is 11.5 Å². The molecule has 5 nitrogen and oxygen atoms in total. The Hall–Kier alpha value is -1.72. The van der Waals surface area contributed by atoms with Gasteiger partial charge in [0, 0.05) is 6.07 Å². The first-order valence-corrected chi connectivity index (χ1v) is 9.60. The van der Waals surface area contributed by atoms with Crippen LogP contribution >= 0.6 is 8.60 Å². The molecule has 7 heteroatoms. The Morgan fingerprint density at radius 3 is 2.35 bits per heavy atom. The molecule has 0 aliphatic carbocycles. The second-order valence-corrected chi connectivity index (χ2v) is 6.75. The van der Waals surface area contributed by atoms with E-state index in [0.717, 1.165) is 18.6 Å². The maximum absolute atomic E-state index is 13.0. The first kappa shape index (κ1) is 20.6. The van der Waals surface area contributed by atoms with E-state index in [1.54, 1.807) is 12.1 Å². The van der Waals surface area contributed by atoms with Gasteiger partial charge in [0.15, 0.2) is 0 Å². The van der Waals surface area contributed by atoms with Gasteiger partial charge in [0.2, 0.25) is 0 Å². The van der Waals surface area contributed by atoms with Gasteiger partial charge in [-0.1, -0.05) is 25.1 Å². The quantitative estimate of drug-likeness (QED) is 0.453. The summed E-state index contributed by atoms with van der Waals surface area (Å²) in [5.74, 6) is 1.15. The van der Waals surface area contributed by atoms with Crippen LogP contribution in [0.25, 0.3) is 0 Å². The fourth-order valence-electron chi connectivity index (χ4n) is 2.32. The molecule has 0 heterocycles. The largest absolute Gasteiger partial charge is 0.490 e. The van der Waals surface area contributed by atoms with E-state index in [-0.39, 0.29) is 11.7 Å². The molecule has 1 atom stereocenters. The van der Waals surface area contributed by atoms with E-state index < -0.39 is 8.60 Å². The van der Waals surface area contributed by atoms with Crippen molar-refractivity contribution in [1.82, 2.24) is 0 Å². The second-order valence-electron chi connectivity index (χ2n) is 5.99. The molecule has 0 aromatic heterocycles. The molecule has 2 rings (SSSR count). The van der Waals surface area contributed by atoms with Crippen LogP contribution in [0.3, 0.4) is 0 Å². The molecule has 0 saturated heterocycles. The molecule has 1 unspecified atom stereocenters. The lowest BCUT2D eigenvalue weighted by molar-refractivity contribution is 0.214. The lowest BCUT2D eigenvalue weighted by atomic mass is 10.0. The molecule has 26 heavy (non-hydrogen) atoms. The maximum atomic E-state index is 13.0. The topological polar surface area (TPSA) is 68.2 Å². The van der Waals surface area contributed by atoms with Crippen LogP contribution in [0.15, 0.2) is 48.5 Å². The predicted octanol–water partition coefficient (Wildman–Crippen LogP) is 4.08. The summed E-state index contributed by atoms with van der Waals surface area (Å²) in [5.41, 5.74) is 1.18. The minimum absolute atomic E-state index is 0.246. The van der Waals surface area contributed by atoms with Crippen LogP contribution in [0.4, 0.5) is 4.39 Å². The molecule has 0 radical (unpaired) electrons. The highest BCUT2D eigenvalue weighted by Crippen LogP contribution is 2.26. The summed E-state index contributed by atoms with van der Waals surface area (Å²) in [6.45, 7) is 3.05. The number of aryl methyl sites for hydroxylation is 1. The molecule has 2 aromatic carbocycles. The summed E-state index contributed by atoms with van der Waals surface area (Å²) in [6, 6.07) is 13.8. The Morgan fingerprint density at radius 2 is 1.69 bits per heavy atom. The number of hydrogen-bond acceptors (Lipinski definition) is 5. The molecule has 142 valence electrons. The maximum Gasteiger partial charge on any atom is 0.327 e. The summed E-state index contributed by atoms with van der Waals surface area (Å²) >= 11 is 0. The van der Waals surface area contributed by atoms with E-state index in [0.29, 0.717) is 25.6 Å². The molecule has 2 aromatic rings. The van der Waals surface area contributed by atoms with Gasteiger partial charge >= 0.3 is 8.60 Å². The first-order valence-electron chi connectivity index (χ1n) is 8.44. The van der Waals surface area contributed by atoms with Crippen LogP contribution in [0.1, 0.15) is 18.9 Å². The van der Waals surface area contributed by atoms with Crippen molar-refractivity contribution in [2.75, 3.05) is 19.8 Å². The molecular formula is C19H24FO5P. The highest BCUT2D eigenvalue weighted by molar-refractivity contribution is 7.39. The van der Waals surface area contributed by atoms with Gasteiger partial charge in [-0.3, -0.25) is 0 Å². The first-order chi connectivity index (χ1) is 12.5. The van der Waals surface area contributed by atoms with Crippen LogP contribution in [0.5, 0.6) is 11.5 Å². The number of rotatable bonds is 11. The van der Waals surface area contributed by atoms with Crippen molar-refractivity contribution < 1.29 is 28.2 Å². The van der Waals surface area contributed by atoms with Crippen LogP contribution in [0, 0.1) is 11.7 Å². The van der Waals surface area contributed by atoms with E-state index in [1.807, 2.05) is 31.2 Å². The number of benzene rings is 2. The Balaban J connectivity index is 1.65. The molecular weight excluding hydrogens is 358 g/mol. The Labute approximate surface area is 154 Å². The Kier molecular flexibility index (Phi) is 8.78. The second kappa shape index (κ2) is 11.1. The third-order valence-electron chi connectivity index (χ3n) is 3.74. The predicted molar refractivity (Wildman–Crippen MR) is 98.6 cm³/mol. The normalized spacial score (nSPS) is 12.2. The van der Waals surface area contributed by atoms with Gasteiger partial charge in [-0.25, -0.2) is 4.39 Å². The standard InChI is InChI=1S/C19H24FO5P/c1-15(14-25-26(21)22)5-6-16-7-9-18(10-8-16)23-11-12-24-19-4-2-3-17(20)13-19/h2-4,7-10,13,15,21-22H,5-6,11-12,14H2,1H3. The Morgan fingerprint density at radius 1 is 1.00 bits per heavy atom. The van der Waals surface area contributed by atoms with Crippen molar-refractivity contribution in [1.29, 1.82) is 0 Å². The molecule has 0 spiro atoms. The third kappa shape index (κ3) is 8.11. The molecule has 0 fully saturated rings. The smallest absolute Gasteiger partial charge is 0.327 e. The SMILES string of the molecule is CC(CCc1ccc(OCCOc2cccc(F)c2)cc1)COP(O)O. The van der Waals surface area contributed by atoms with E-state index in [2.05, 4.69) is 0 Å². The monoisotopic (exact) mass is 382 g/mol. The van der Waals surface area contributed by atoms with Crippen molar-refractivity contribution in [3.63, 3.8) is 0 Å². The van der Waals surface area contributed by atoms with E-state index in [4.69, 9.17) is 23.8 Å². The Bertz CT molecular complexity index is 651. The molecule has 0 aliphatic heterocycles. The molecule has 0 amide bonds. The fraction of sp³-hybridized carbons (Fsp3) is 0.368. The van der Waals surface area contributed by atoms with Crippen molar-refractivity contribution in [2.45, 2.75) is 19.8 Å². The van der Waals surface area contributed by atoms with Crippen LogP contribution in [-0.4, -0.2) is 29.6 Å². The lowest BCUT2D eigenvalue weighted by Crippen LogP contribution is -2.09. The minimum Gasteiger partial charge on any atom is -0.490 e. The number of halogens is 1. The summed E-state index contributed by atoms with van der Waals surface area (Å²) < 4.78 is 28.9. The average Bonchev–Trinajstić information content (AvgIpc) is 2.63. The van der Waals surface area contributed by atoms with Gasteiger partial charge in [-0.2, -0.15) is 0 Å². The van der Waals surface area contributed by atoms with Gasteiger partial charge in [-0.05, 0) is 48.6 Å². The number of ether oxygens (including phenoxy) is 2. The fourth-order valence-corrected chi connectivity index (χ4v) is 2.71. The highest BCUT2D eigenvalue weighted by atomic mass is 31.2. The summed E-state index contributed by atoms with van der Waals surface area (Å²) in [7, 11) is -2.27. The summed E-state index contributed by atoms with van der Waals surface area (Å²) in [5, 5.41) is 0. The van der Waals surface area contributed by atoms with E-state index in [9.17, 15) is 4.39 Å². The molecule has 0 saturated carbocycles. The van der Waals surface area contributed by atoms with Crippen LogP contribution < -0.4 is 9.47 Å². The zero-order valence-corrected chi connectivity index (χ0v) is 15.6. The van der Waals surface area contributed by atoms with Crippen LogP contribution in [-0.2, 0) is 10.9 Å². The molecule has 2 N–H and O–H groups in total. The van der Waals surface area contributed by atoms with Gasteiger partial charge < -0.3 is 23.8 Å². The van der Waals surface area contributed by atoms with Gasteiger partial charge in [-0.15, -0.1) is 0 Å². The molecule has 0 aliphatic rings. The van der Waals surface area contributed by atoms with Gasteiger partial charge in [0.05, 0.1) is 6.61 Å². The van der Waals surface area contributed by atoms with Gasteiger partial charge in [0.25, 0.3) is 0 Å².